The molecule has 0 fully saturated rings. The van der Waals surface area contributed by atoms with Gasteiger partial charge in [0.1, 0.15) is 5.82 Å². The van der Waals surface area contributed by atoms with E-state index in [1.54, 1.807) is 30.3 Å². The number of hydrogen-bond donors (Lipinski definition) is 2. The van der Waals surface area contributed by atoms with Gasteiger partial charge in [-0.15, -0.1) is 0 Å². The number of aromatic nitrogens is 2. The zero-order valence-electron chi connectivity index (χ0n) is 18.0. The van der Waals surface area contributed by atoms with Gasteiger partial charge in [-0.05, 0) is 65.3 Å². The van der Waals surface area contributed by atoms with Gasteiger partial charge in [-0.1, -0.05) is 54.6 Å². The standard InChI is InChI=1S/C27H20FN3O2S/c28-22-7-3-4-8-24(22)31-26(33)21-12-11-20(16-23(21)30-27(31)34)25(32)29-14-13-17-9-10-18-5-1-2-6-19(18)15-17/h1-12,15-16H,13-14H2,(H,29,32)(H,30,34). The molecule has 0 saturated carbocycles. The summed E-state index contributed by atoms with van der Waals surface area (Å²) in [6.45, 7) is 0.472. The number of benzene rings is 4. The van der Waals surface area contributed by atoms with Crippen LogP contribution >= 0.6 is 12.2 Å². The van der Waals surface area contributed by atoms with Crippen LogP contribution in [0.25, 0.3) is 27.4 Å². The number of H-pyrrole nitrogens is 1. The topological polar surface area (TPSA) is 66.9 Å². The van der Waals surface area contributed by atoms with E-state index in [2.05, 4.69) is 40.6 Å². The highest BCUT2D eigenvalue weighted by Crippen LogP contribution is 2.17. The number of carbonyl (C=O) groups is 1. The molecule has 0 radical (unpaired) electrons. The summed E-state index contributed by atoms with van der Waals surface area (Å²) in [5.41, 5.74) is 1.58. The number of para-hydroxylation sites is 1. The van der Waals surface area contributed by atoms with Crippen LogP contribution < -0.4 is 10.9 Å². The number of nitrogens with zero attached hydrogens (tertiary/aromatic N) is 1. The molecule has 0 unspecified atom stereocenters. The Labute approximate surface area is 199 Å². The molecule has 1 heterocycles. The normalized spacial score (nSPS) is 11.1. The third-order valence-corrected chi connectivity index (χ3v) is 6.05. The Morgan fingerprint density at radius 3 is 2.53 bits per heavy atom. The second-order valence-corrected chi connectivity index (χ2v) is 8.36. The Morgan fingerprint density at radius 1 is 0.941 bits per heavy atom. The van der Waals surface area contributed by atoms with Crippen molar-refractivity contribution in [2.45, 2.75) is 6.42 Å². The van der Waals surface area contributed by atoms with Gasteiger partial charge in [0.25, 0.3) is 11.5 Å². The summed E-state index contributed by atoms with van der Waals surface area (Å²) in [7, 11) is 0. The van der Waals surface area contributed by atoms with Crippen LogP contribution in [-0.4, -0.2) is 22.0 Å². The first-order valence-corrected chi connectivity index (χ1v) is 11.2. The molecule has 1 amide bonds. The maximum Gasteiger partial charge on any atom is 0.266 e. The van der Waals surface area contributed by atoms with Crippen LogP contribution in [-0.2, 0) is 6.42 Å². The lowest BCUT2D eigenvalue weighted by Gasteiger charge is -2.10. The molecule has 0 atom stereocenters. The molecule has 0 aliphatic carbocycles. The fourth-order valence-electron chi connectivity index (χ4n) is 4.03. The third-order valence-electron chi connectivity index (χ3n) is 5.77. The fourth-order valence-corrected chi connectivity index (χ4v) is 4.32. The van der Waals surface area contributed by atoms with E-state index in [-0.39, 0.29) is 16.4 Å². The van der Waals surface area contributed by atoms with Crippen molar-refractivity contribution >= 4 is 39.8 Å². The fraction of sp³-hybridized carbons (Fsp3) is 0.0741. The van der Waals surface area contributed by atoms with Crippen molar-refractivity contribution < 1.29 is 9.18 Å². The van der Waals surface area contributed by atoms with Gasteiger partial charge in [-0.25, -0.2) is 8.96 Å². The average molecular weight is 470 g/mol. The van der Waals surface area contributed by atoms with Crippen molar-refractivity contribution in [3.8, 4) is 5.69 Å². The summed E-state index contributed by atoms with van der Waals surface area (Å²) in [6, 6.07) is 25.1. The van der Waals surface area contributed by atoms with Gasteiger partial charge < -0.3 is 10.3 Å². The van der Waals surface area contributed by atoms with Gasteiger partial charge in [0.05, 0.1) is 16.6 Å². The van der Waals surface area contributed by atoms with Crippen LogP contribution in [0.4, 0.5) is 4.39 Å². The highest BCUT2D eigenvalue weighted by molar-refractivity contribution is 7.71. The maximum absolute atomic E-state index is 14.3. The van der Waals surface area contributed by atoms with Gasteiger partial charge in [-0.3, -0.25) is 9.59 Å². The predicted octanol–water partition coefficient (Wildman–Crippen LogP) is 5.31. The molecule has 168 valence electrons. The van der Waals surface area contributed by atoms with Gasteiger partial charge >= 0.3 is 0 Å². The minimum Gasteiger partial charge on any atom is -0.352 e. The number of fused-ring (bicyclic) bond motifs is 2. The van der Waals surface area contributed by atoms with Crippen molar-refractivity contribution in [2.75, 3.05) is 6.54 Å². The van der Waals surface area contributed by atoms with E-state index in [0.29, 0.717) is 29.4 Å². The largest absolute Gasteiger partial charge is 0.352 e. The zero-order chi connectivity index (χ0) is 23.7. The lowest BCUT2D eigenvalue weighted by atomic mass is 10.1. The van der Waals surface area contributed by atoms with Crippen LogP contribution in [0.15, 0.2) is 89.7 Å². The summed E-state index contributed by atoms with van der Waals surface area (Å²) in [4.78, 5) is 28.7. The molecule has 5 aromatic rings. The quantitative estimate of drug-likeness (QED) is 0.343. The number of amides is 1. The van der Waals surface area contributed by atoms with E-state index in [4.69, 9.17) is 12.2 Å². The summed E-state index contributed by atoms with van der Waals surface area (Å²) < 4.78 is 15.4. The lowest BCUT2D eigenvalue weighted by Crippen LogP contribution is -2.26. The van der Waals surface area contributed by atoms with Crippen molar-refractivity contribution in [1.29, 1.82) is 0 Å². The van der Waals surface area contributed by atoms with E-state index in [1.165, 1.54) is 17.5 Å². The van der Waals surface area contributed by atoms with Crippen LogP contribution in [0.3, 0.4) is 0 Å². The van der Waals surface area contributed by atoms with Crippen molar-refractivity contribution in [1.82, 2.24) is 14.9 Å². The Morgan fingerprint density at radius 2 is 1.71 bits per heavy atom. The first-order valence-electron chi connectivity index (χ1n) is 10.8. The SMILES string of the molecule is O=C(NCCc1ccc2ccccc2c1)c1ccc2c(=O)n(-c3ccccc3F)c(=S)[nH]c2c1. The monoisotopic (exact) mass is 469 g/mol. The van der Waals surface area contributed by atoms with E-state index >= 15 is 0 Å². The van der Waals surface area contributed by atoms with Gasteiger partial charge in [-0.2, -0.15) is 0 Å². The Bertz CT molecular complexity index is 1670. The molecule has 4 aromatic carbocycles. The average Bonchev–Trinajstić information content (AvgIpc) is 2.84. The molecular formula is C27H20FN3O2S. The van der Waals surface area contributed by atoms with Crippen molar-refractivity contribution in [2.24, 2.45) is 0 Å². The Hall–Kier alpha value is -4.10. The van der Waals surface area contributed by atoms with Crippen molar-refractivity contribution in [3.05, 3.63) is 117 Å². The molecule has 0 spiro atoms. The molecule has 0 saturated heterocycles. The van der Waals surface area contributed by atoms with Crippen LogP contribution in [0.5, 0.6) is 0 Å². The molecule has 0 bridgehead atoms. The van der Waals surface area contributed by atoms with Gasteiger partial charge in [0, 0.05) is 12.1 Å². The molecule has 7 heteroatoms. The molecule has 0 aliphatic rings. The first-order chi connectivity index (χ1) is 16.5. The van der Waals surface area contributed by atoms with Crippen molar-refractivity contribution in [3.63, 3.8) is 0 Å². The third kappa shape index (κ3) is 4.13. The highest BCUT2D eigenvalue weighted by Gasteiger charge is 2.13. The van der Waals surface area contributed by atoms with E-state index in [9.17, 15) is 14.0 Å². The molecule has 5 rings (SSSR count). The summed E-state index contributed by atoms with van der Waals surface area (Å²) in [6.07, 6.45) is 0.694. The number of carbonyl (C=O) groups excluding carboxylic acids is 1. The maximum atomic E-state index is 14.3. The summed E-state index contributed by atoms with van der Waals surface area (Å²) >= 11 is 5.32. The molecule has 1 aromatic heterocycles. The minimum atomic E-state index is -0.550. The van der Waals surface area contributed by atoms with Crippen LogP contribution in [0.1, 0.15) is 15.9 Å². The molecule has 2 N–H and O–H groups in total. The van der Waals surface area contributed by atoms with E-state index < -0.39 is 11.4 Å². The second kappa shape index (κ2) is 9.03. The van der Waals surface area contributed by atoms with E-state index in [0.717, 1.165) is 15.5 Å². The second-order valence-electron chi connectivity index (χ2n) is 7.97. The lowest BCUT2D eigenvalue weighted by molar-refractivity contribution is 0.0954. The zero-order valence-corrected chi connectivity index (χ0v) is 18.9. The number of aromatic amines is 1. The summed E-state index contributed by atoms with van der Waals surface area (Å²) in [5, 5.41) is 5.57. The number of halogens is 1. The van der Waals surface area contributed by atoms with Gasteiger partial charge in [0.15, 0.2) is 4.77 Å². The van der Waals surface area contributed by atoms with E-state index in [1.807, 2.05) is 12.1 Å². The summed E-state index contributed by atoms with van der Waals surface area (Å²) in [5.74, 6) is -0.800. The van der Waals surface area contributed by atoms with Crippen LogP contribution in [0, 0.1) is 10.6 Å². The van der Waals surface area contributed by atoms with Crippen LogP contribution in [0.2, 0.25) is 0 Å². The molecule has 5 nitrogen and oxygen atoms in total. The Balaban J connectivity index is 1.36. The first kappa shape index (κ1) is 21.7. The highest BCUT2D eigenvalue weighted by atomic mass is 32.1. The minimum absolute atomic E-state index is 0.0523. The molecule has 34 heavy (non-hydrogen) atoms. The number of rotatable bonds is 5. The van der Waals surface area contributed by atoms with Gasteiger partial charge in [0.2, 0.25) is 0 Å². The number of nitrogens with one attached hydrogen (secondary N) is 2. The molecular weight excluding hydrogens is 449 g/mol. The predicted molar refractivity (Wildman–Crippen MR) is 135 cm³/mol. The smallest absolute Gasteiger partial charge is 0.266 e. The Kier molecular flexibility index (Phi) is 5.77. The molecule has 0 aliphatic heterocycles. The number of hydrogen-bond acceptors (Lipinski definition) is 3.